The Balaban J connectivity index is 1.78. The Morgan fingerprint density at radius 1 is 1.33 bits per heavy atom. The van der Waals surface area contributed by atoms with Gasteiger partial charge in [0, 0.05) is 19.0 Å². The highest BCUT2D eigenvalue weighted by atomic mass is 32.1. The molecule has 4 nitrogen and oxygen atoms in total. The Kier molecular flexibility index (Phi) is 2.91. The average Bonchev–Trinajstić information content (AvgIpc) is 2.82. The number of fused-ring (bicyclic) bond motifs is 1. The van der Waals surface area contributed by atoms with Crippen molar-refractivity contribution in [2.75, 3.05) is 18.0 Å². The van der Waals surface area contributed by atoms with Crippen molar-refractivity contribution >= 4 is 32.6 Å². The van der Waals surface area contributed by atoms with Gasteiger partial charge >= 0.3 is 0 Å². The summed E-state index contributed by atoms with van der Waals surface area (Å²) in [6, 6.07) is 8.16. The summed E-state index contributed by atoms with van der Waals surface area (Å²) >= 11 is 1.71. The fourth-order valence-electron chi connectivity index (χ4n) is 2.35. The molecule has 2 aromatic rings. The van der Waals surface area contributed by atoms with Crippen LogP contribution in [0.1, 0.15) is 12.8 Å². The van der Waals surface area contributed by atoms with Gasteiger partial charge in [-0.2, -0.15) is 0 Å². The quantitative estimate of drug-likeness (QED) is 0.899. The van der Waals surface area contributed by atoms with Crippen molar-refractivity contribution in [1.82, 2.24) is 4.98 Å². The molecule has 1 fully saturated rings. The van der Waals surface area contributed by atoms with Gasteiger partial charge in [0.15, 0.2) is 5.13 Å². The van der Waals surface area contributed by atoms with Crippen molar-refractivity contribution in [3.8, 4) is 0 Å². The van der Waals surface area contributed by atoms with E-state index in [1.165, 1.54) is 4.70 Å². The fraction of sp³-hybridized carbons (Fsp3) is 0.385. The molecule has 1 aliphatic rings. The topological polar surface area (TPSA) is 59.2 Å². The van der Waals surface area contributed by atoms with E-state index < -0.39 is 0 Å². The van der Waals surface area contributed by atoms with Crippen LogP contribution in [0.4, 0.5) is 5.13 Å². The Hall–Kier alpha value is -1.62. The first-order valence-corrected chi connectivity index (χ1v) is 6.95. The van der Waals surface area contributed by atoms with Gasteiger partial charge in [-0.05, 0) is 25.0 Å². The zero-order valence-electron chi connectivity index (χ0n) is 10.0. The number of piperidine rings is 1. The van der Waals surface area contributed by atoms with E-state index in [1.807, 2.05) is 18.2 Å². The molecule has 1 aromatic heterocycles. The maximum Gasteiger partial charge on any atom is 0.220 e. The maximum absolute atomic E-state index is 11.1. The minimum absolute atomic E-state index is 0.0376. The van der Waals surface area contributed by atoms with E-state index in [2.05, 4.69) is 16.0 Å². The summed E-state index contributed by atoms with van der Waals surface area (Å²) in [5.41, 5.74) is 6.39. The van der Waals surface area contributed by atoms with E-state index in [1.54, 1.807) is 11.3 Å². The molecule has 0 unspecified atom stereocenters. The number of para-hydroxylation sites is 1. The number of carbonyl (C=O) groups excluding carboxylic acids is 1. The van der Waals surface area contributed by atoms with Gasteiger partial charge in [-0.1, -0.05) is 23.5 Å². The molecule has 0 atom stereocenters. The normalized spacial score (nSPS) is 17.2. The summed E-state index contributed by atoms with van der Waals surface area (Å²) in [4.78, 5) is 18.0. The van der Waals surface area contributed by atoms with Crippen LogP contribution in [0.3, 0.4) is 0 Å². The Morgan fingerprint density at radius 3 is 2.72 bits per heavy atom. The lowest BCUT2D eigenvalue weighted by atomic mass is 9.97. The van der Waals surface area contributed by atoms with E-state index in [0.29, 0.717) is 0 Å². The van der Waals surface area contributed by atoms with E-state index in [9.17, 15) is 4.79 Å². The highest BCUT2D eigenvalue weighted by Gasteiger charge is 2.24. The van der Waals surface area contributed by atoms with Crippen molar-refractivity contribution in [1.29, 1.82) is 0 Å². The van der Waals surface area contributed by atoms with Gasteiger partial charge in [0.25, 0.3) is 0 Å². The van der Waals surface area contributed by atoms with Crippen molar-refractivity contribution in [3.05, 3.63) is 24.3 Å². The van der Waals surface area contributed by atoms with Crippen molar-refractivity contribution < 1.29 is 4.79 Å². The second-order valence-electron chi connectivity index (χ2n) is 4.63. The van der Waals surface area contributed by atoms with Crippen LogP contribution < -0.4 is 10.6 Å². The number of hydrogen-bond acceptors (Lipinski definition) is 4. The summed E-state index contributed by atoms with van der Waals surface area (Å²) in [5, 5.41) is 1.05. The van der Waals surface area contributed by atoms with Gasteiger partial charge in [0.1, 0.15) is 0 Å². The molecule has 5 heteroatoms. The molecular formula is C13H15N3OS. The maximum atomic E-state index is 11.1. The number of rotatable bonds is 2. The molecule has 18 heavy (non-hydrogen) atoms. The van der Waals surface area contributed by atoms with Crippen LogP contribution in [-0.4, -0.2) is 24.0 Å². The Labute approximate surface area is 109 Å². The summed E-state index contributed by atoms with van der Waals surface area (Å²) in [6.07, 6.45) is 1.68. The number of carbonyl (C=O) groups is 1. The average molecular weight is 261 g/mol. The summed E-state index contributed by atoms with van der Waals surface area (Å²) in [6.45, 7) is 1.74. The monoisotopic (exact) mass is 261 g/mol. The Bertz CT molecular complexity index is 539. The fourth-order valence-corrected chi connectivity index (χ4v) is 3.37. The number of thiazole rings is 1. The van der Waals surface area contributed by atoms with Crippen molar-refractivity contribution in [2.45, 2.75) is 12.8 Å². The number of aromatic nitrogens is 1. The van der Waals surface area contributed by atoms with E-state index in [-0.39, 0.29) is 11.8 Å². The zero-order valence-corrected chi connectivity index (χ0v) is 10.8. The summed E-state index contributed by atoms with van der Waals surface area (Å²) < 4.78 is 1.21. The van der Waals surface area contributed by atoms with E-state index in [0.717, 1.165) is 36.6 Å². The van der Waals surface area contributed by atoms with Crippen LogP contribution in [0, 0.1) is 5.92 Å². The molecule has 0 spiro atoms. The predicted molar refractivity (Wildman–Crippen MR) is 73.8 cm³/mol. The third-order valence-electron chi connectivity index (χ3n) is 3.45. The molecule has 1 aromatic carbocycles. The minimum atomic E-state index is -0.168. The number of hydrogen-bond donors (Lipinski definition) is 1. The molecule has 1 saturated heterocycles. The molecule has 0 bridgehead atoms. The summed E-state index contributed by atoms with van der Waals surface area (Å²) in [5.74, 6) is -0.130. The number of amides is 1. The smallest absolute Gasteiger partial charge is 0.220 e. The lowest BCUT2D eigenvalue weighted by molar-refractivity contribution is -0.122. The SMILES string of the molecule is NC(=O)C1CCN(c2nc3ccccc3s2)CC1. The lowest BCUT2D eigenvalue weighted by Gasteiger charge is -2.30. The third-order valence-corrected chi connectivity index (χ3v) is 4.55. The van der Waals surface area contributed by atoms with Gasteiger partial charge < -0.3 is 10.6 Å². The van der Waals surface area contributed by atoms with Crippen molar-refractivity contribution in [3.63, 3.8) is 0 Å². The molecule has 3 rings (SSSR count). The van der Waals surface area contributed by atoms with Gasteiger partial charge in [0.2, 0.25) is 5.91 Å². The van der Waals surface area contributed by atoms with Crippen LogP contribution in [-0.2, 0) is 4.79 Å². The van der Waals surface area contributed by atoms with Crippen LogP contribution in [0.2, 0.25) is 0 Å². The summed E-state index contributed by atoms with van der Waals surface area (Å²) in [7, 11) is 0. The number of nitrogens with two attached hydrogens (primary N) is 1. The van der Waals surface area contributed by atoms with Crippen LogP contribution >= 0.6 is 11.3 Å². The number of primary amides is 1. The molecule has 2 heterocycles. The first kappa shape index (κ1) is 11.5. The van der Waals surface area contributed by atoms with Gasteiger partial charge in [-0.3, -0.25) is 4.79 Å². The van der Waals surface area contributed by atoms with Crippen LogP contribution in [0.25, 0.3) is 10.2 Å². The third kappa shape index (κ3) is 2.06. The molecule has 0 aliphatic carbocycles. The molecule has 1 amide bonds. The van der Waals surface area contributed by atoms with E-state index >= 15 is 0 Å². The number of anilines is 1. The second-order valence-corrected chi connectivity index (χ2v) is 5.64. The highest BCUT2D eigenvalue weighted by Crippen LogP contribution is 2.31. The van der Waals surface area contributed by atoms with E-state index in [4.69, 9.17) is 5.73 Å². The molecule has 0 saturated carbocycles. The largest absolute Gasteiger partial charge is 0.369 e. The molecular weight excluding hydrogens is 246 g/mol. The standard InChI is InChI=1S/C13H15N3OS/c14-12(17)9-5-7-16(8-6-9)13-15-10-3-1-2-4-11(10)18-13/h1-4,9H,5-8H2,(H2,14,17). The minimum Gasteiger partial charge on any atom is -0.369 e. The lowest BCUT2D eigenvalue weighted by Crippen LogP contribution is -2.38. The number of nitrogens with zero attached hydrogens (tertiary/aromatic N) is 2. The first-order chi connectivity index (χ1) is 8.74. The predicted octanol–water partition coefficient (Wildman–Crippen LogP) is 2.00. The first-order valence-electron chi connectivity index (χ1n) is 6.14. The van der Waals surface area contributed by atoms with Crippen LogP contribution in [0.15, 0.2) is 24.3 Å². The molecule has 94 valence electrons. The molecule has 0 radical (unpaired) electrons. The van der Waals surface area contributed by atoms with Gasteiger partial charge in [0.05, 0.1) is 10.2 Å². The molecule has 2 N–H and O–H groups in total. The van der Waals surface area contributed by atoms with Crippen molar-refractivity contribution in [2.24, 2.45) is 11.7 Å². The molecule has 1 aliphatic heterocycles. The number of benzene rings is 1. The zero-order chi connectivity index (χ0) is 12.5. The Morgan fingerprint density at radius 2 is 2.06 bits per heavy atom. The van der Waals surface area contributed by atoms with Gasteiger partial charge in [-0.15, -0.1) is 0 Å². The van der Waals surface area contributed by atoms with Gasteiger partial charge in [-0.25, -0.2) is 4.98 Å². The second kappa shape index (κ2) is 4.57. The highest BCUT2D eigenvalue weighted by molar-refractivity contribution is 7.22. The van der Waals surface area contributed by atoms with Crippen LogP contribution in [0.5, 0.6) is 0 Å².